The Morgan fingerprint density at radius 3 is 2.38 bits per heavy atom. The number of carbonyl (C=O) groups is 4. The number of benzene rings is 2. The molecule has 56 heavy (non-hydrogen) atoms. The monoisotopic (exact) mass is 761 g/mol. The molecule has 2 unspecified atom stereocenters. The molecule has 2 aromatic heterocycles. The molecule has 2 atom stereocenters. The molecule has 1 aliphatic carbocycles. The van der Waals surface area contributed by atoms with Crippen LogP contribution in [0.1, 0.15) is 64.8 Å². The van der Waals surface area contributed by atoms with Crippen LogP contribution >= 0.6 is 0 Å². The van der Waals surface area contributed by atoms with Crippen LogP contribution in [0.15, 0.2) is 59.8 Å². The number of amides is 4. The quantitative estimate of drug-likeness (QED) is 0.152. The van der Waals surface area contributed by atoms with Crippen LogP contribution in [0.3, 0.4) is 0 Å². The van der Waals surface area contributed by atoms with E-state index in [0.29, 0.717) is 29.1 Å². The Labute approximate surface area is 324 Å². The Kier molecular flexibility index (Phi) is 9.87. The van der Waals surface area contributed by atoms with Crippen LogP contribution < -0.4 is 30.6 Å². The van der Waals surface area contributed by atoms with E-state index in [2.05, 4.69) is 32.5 Å². The first-order valence-electron chi connectivity index (χ1n) is 19.2. The molecular weight excluding hydrogens is 715 g/mol. The molecule has 3 aliphatic heterocycles. The number of hydrogen-bond donors (Lipinski definition) is 2. The normalized spacial score (nSPS) is 20.0. The summed E-state index contributed by atoms with van der Waals surface area (Å²) in [6, 6.07) is 10.7. The van der Waals surface area contributed by atoms with E-state index in [1.807, 2.05) is 30.5 Å². The number of methoxy groups -OCH3 is 2. The minimum absolute atomic E-state index is 0.0942. The fourth-order valence-electron chi connectivity index (χ4n) is 8.92. The van der Waals surface area contributed by atoms with E-state index in [1.54, 1.807) is 50.4 Å². The number of pyridine rings is 2. The second-order valence-electron chi connectivity index (χ2n) is 15.6. The van der Waals surface area contributed by atoms with Gasteiger partial charge in [0.15, 0.2) is 0 Å². The van der Waals surface area contributed by atoms with Crippen molar-refractivity contribution in [2.24, 2.45) is 12.5 Å². The topological polar surface area (TPSA) is 155 Å². The molecule has 2 saturated heterocycles. The number of piperidine rings is 1. The Morgan fingerprint density at radius 2 is 1.68 bits per heavy atom. The lowest BCUT2D eigenvalue weighted by atomic mass is 9.59. The van der Waals surface area contributed by atoms with E-state index < -0.39 is 23.8 Å². The van der Waals surface area contributed by atoms with Gasteiger partial charge in [0.25, 0.3) is 17.4 Å². The highest BCUT2D eigenvalue weighted by atomic mass is 16.5. The van der Waals surface area contributed by atoms with E-state index in [-0.39, 0.29) is 29.7 Å². The Morgan fingerprint density at radius 1 is 0.929 bits per heavy atom. The summed E-state index contributed by atoms with van der Waals surface area (Å²) in [4.78, 5) is 73.0. The average molecular weight is 762 g/mol. The fraction of sp³-hybridized carbons (Fsp3) is 0.429. The third-order valence-electron chi connectivity index (χ3n) is 12.2. The van der Waals surface area contributed by atoms with Crippen molar-refractivity contribution in [2.75, 3.05) is 52.3 Å². The van der Waals surface area contributed by atoms with Crippen molar-refractivity contribution >= 4 is 40.1 Å². The van der Waals surface area contributed by atoms with Gasteiger partial charge in [-0.1, -0.05) is 0 Å². The van der Waals surface area contributed by atoms with Gasteiger partial charge < -0.3 is 29.2 Å². The summed E-state index contributed by atoms with van der Waals surface area (Å²) >= 11 is 0. The lowest BCUT2D eigenvalue weighted by Crippen LogP contribution is -2.70. The minimum Gasteiger partial charge on any atom is -0.496 e. The highest BCUT2D eigenvalue weighted by molar-refractivity contribution is 6.23. The van der Waals surface area contributed by atoms with Crippen LogP contribution in [0.2, 0.25) is 0 Å². The van der Waals surface area contributed by atoms with Gasteiger partial charge in [0.05, 0.1) is 36.3 Å². The lowest BCUT2D eigenvalue weighted by Gasteiger charge is -2.61. The number of aromatic nitrogens is 2. The van der Waals surface area contributed by atoms with Crippen molar-refractivity contribution < 1.29 is 28.7 Å². The first-order chi connectivity index (χ1) is 27.0. The zero-order valence-electron chi connectivity index (χ0n) is 32.2. The Bertz CT molecular complexity index is 2290. The summed E-state index contributed by atoms with van der Waals surface area (Å²) in [5.41, 5.74) is 4.37. The van der Waals surface area contributed by atoms with Crippen LogP contribution in [-0.2, 0) is 23.2 Å². The molecule has 8 rings (SSSR count). The van der Waals surface area contributed by atoms with E-state index in [9.17, 15) is 24.0 Å². The predicted molar refractivity (Wildman–Crippen MR) is 210 cm³/mol. The molecule has 2 N–H and O–H groups in total. The van der Waals surface area contributed by atoms with Gasteiger partial charge in [-0.2, -0.15) is 0 Å². The molecule has 14 nitrogen and oxygen atoms in total. The van der Waals surface area contributed by atoms with Crippen molar-refractivity contribution in [3.8, 4) is 22.6 Å². The Balaban J connectivity index is 0.826. The van der Waals surface area contributed by atoms with Crippen LogP contribution in [0, 0.1) is 5.41 Å². The van der Waals surface area contributed by atoms with Crippen LogP contribution in [0.25, 0.3) is 21.9 Å². The summed E-state index contributed by atoms with van der Waals surface area (Å²) in [5, 5.41) is 7.44. The molecule has 0 bridgehead atoms. The zero-order chi connectivity index (χ0) is 39.3. The van der Waals surface area contributed by atoms with Crippen molar-refractivity contribution in [1.82, 2.24) is 30.0 Å². The summed E-state index contributed by atoms with van der Waals surface area (Å²) < 4.78 is 13.3. The highest BCUT2D eigenvalue weighted by Crippen LogP contribution is 2.50. The number of nitrogens with zero attached hydrogens (tertiary/aromatic N) is 5. The van der Waals surface area contributed by atoms with Crippen molar-refractivity contribution in [3.63, 3.8) is 0 Å². The third-order valence-corrected chi connectivity index (χ3v) is 12.2. The van der Waals surface area contributed by atoms with E-state index >= 15 is 0 Å². The molecular formula is C42H47N7O7. The molecule has 1 spiro atoms. The predicted octanol–water partition coefficient (Wildman–Crippen LogP) is 3.49. The largest absolute Gasteiger partial charge is 0.496 e. The smallest absolute Gasteiger partial charge is 0.262 e. The number of unbranched alkanes of at least 4 members (excludes halogenated alkanes) is 1. The van der Waals surface area contributed by atoms with Crippen LogP contribution in [0.5, 0.6) is 11.5 Å². The standard InChI is InChI=1S/C42H47N7O7/c1-46(21-32-34(55-3)17-25(18-35(32)56-4)31-22-47(2)39(52)30-20-43-15-12-27(30)31)16-6-5-14-44-36-11-13-42(36)23-48(24-42)26-7-8-28-29(19-26)41(54)49(40(28)53)33-9-10-37(50)45-38(33)51/h7-8,12,15,17-20,22,33,36,44H,5-6,9-11,13-14,16,21,23-24H2,1-4H3,(H,45,50,51). The van der Waals surface area contributed by atoms with Gasteiger partial charge in [-0.05, 0) is 99.6 Å². The summed E-state index contributed by atoms with van der Waals surface area (Å²) in [6.07, 6.45) is 9.71. The minimum atomic E-state index is -0.969. The number of carbonyl (C=O) groups excluding carboxylic acids is 4. The van der Waals surface area contributed by atoms with Crippen molar-refractivity contribution in [3.05, 3.63) is 82.0 Å². The molecule has 14 heteroatoms. The number of hydrogen-bond acceptors (Lipinski definition) is 11. The third kappa shape index (κ3) is 6.49. The number of anilines is 1. The van der Waals surface area contributed by atoms with Gasteiger partial charge in [-0.25, -0.2) is 0 Å². The second kappa shape index (κ2) is 14.8. The van der Waals surface area contributed by atoms with Gasteiger partial charge >= 0.3 is 0 Å². The molecule has 1 saturated carbocycles. The zero-order valence-corrected chi connectivity index (χ0v) is 32.2. The Hall–Kier alpha value is -5.60. The van der Waals surface area contributed by atoms with Gasteiger partial charge in [-0.3, -0.25) is 39.2 Å². The highest BCUT2D eigenvalue weighted by Gasteiger charge is 2.54. The number of fused-ring (bicyclic) bond motifs is 2. The fourth-order valence-corrected chi connectivity index (χ4v) is 8.92. The molecule has 4 aliphatic rings. The SMILES string of the molecule is COc1cc(-c2cn(C)c(=O)c3cnccc23)cc(OC)c1CN(C)CCCCNC1CCC12CN(c1ccc3c(c1)C(=O)N(C1CCC(=O)NC1=O)C3=O)C2. The lowest BCUT2D eigenvalue weighted by molar-refractivity contribution is -0.136. The van der Waals surface area contributed by atoms with E-state index in [1.165, 1.54) is 0 Å². The number of nitrogens with one attached hydrogen (secondary N) is 2. The first-order valence-corrected chi connectivity index (χ1v) is 19.2. The molecule has 0 radical (unpaired) electrons. The number of ether oxygens (including phenoxy) is 2. The maximum Gasteiger partial charge on any atom is 0.262 e. The molecule has 5 heterocycles. The van der Waals surface area contributed by atoms with E-state index in [0.717, 1.165) is 96.0 Å². The first kappa shape index (κ1) is 37.3. The average Bonchev–Trinajstić information content (AvgIpc) is 3.41. The summed E-state index contributed by atoms with van der Waals surface area (Å²) in [5.74, 6) is -0.510. The second-order valence-corrected chi connectivity index (χ2v) is 15.6. The summed E-state index contributed by atoms with van der Waals surface area (Å²) in [7, 11) is 7.18. The van der Waals surface area contributed by atoms with E-state index in [4.69, 9.17) is 9.47 Å². The molecule has 4 aromatic rings. The van der Waals surface area contributed by atoms with Gasteiger partial charge in [0.2, 0.25) is 11.8 Å². The van der Waals surface area contributed by atoms with Crippen molar-refractivity contribution in [1.29, 1.82) is 0 Å². The number of aryl methyl sites for hydroxylation is 1. The van der Waals surface area contributed by atoms with Crippen LogP contribution in [-0.4, -0.2) is 103 Å². The van der Waals surface area contributed by atoms with Gasteiger partial charge in [0.1, 0.15) is 17.5 Å². The molecule has 292 valence electrons. The molecule has 4 amide bonds. The van der Waals surface area contributed by atoms with Crippen molar-refractivity contribution in [2.45, 2.75) is 57.2 Å². The van der Waals surface area contributed by atoms with Gasteiger partial charge in [-0.15, -0.1) is 0 Å². The maximum atomic E-state index is 13.3. The van der Waals surface area contributed by atoms with Gasteiger partial charge in [0, 0.05) is 74.4 Å². The van der Waals surface area contributed by atoms with Crippen LogP contribution in [0.4, 0.5) is 5.69 Å². The maximum absolute atomic E-state index is 13.3. The number of imide groups is 2. The summed E-state index contributed by atoms with van der Waals surface area (Å²) in [6.45, 7) is 4.23. The molecule has 3 fully saturated rings. The molecule has 2 aromatic carbocycles. The number of rotatable bonds is 13.